The van der Waals surface area contributed by atoms with Gasteiger partial charge in [0.1, 0.15) is 4.90 Å². The van der Waals surface area contributed by atoms with Gasteiger partial charge in [0.2, 0.25) is 10.0 Å². The van der Waals surface area contributed by atoms with Crippen LogP contribution < -0.4 is 10.5 Å². The Hall–Kier alpha value is -1.12. The molecule has 17 heavy (non-hydrogen) atoms. The average Bonchev–Trinajstić information content (AvgIpc) is 2.59. The summed E-state index contributed by atoms with van der Waals surface area (Å²) in [7, 11) is -3.65. The molecule has 7 nitrogen and oxygen atoms in total. The van der Waals surface area contributed by atoms with Crippen molar-refractivity contribution in [3.63, 3.8) is 0 Å². The van der Waals surface area contributed by atoms with E-state index in [1.165, 1.54) is 10.9 Å². The van der Waals surface area contributed by atoms with Gasteiger partial charge >= 0.3 is 0 Å². The van der Waals surface area contributed by atoms with Crippen molar-refractivity contribution in [2.45, 2.75) is 37.8 Å². The average molecular weight is 262 g/mol. The van der Waals surface area contributed by atoms with Crippen LogP contribution in [0.2, 0.25) is 0 Å². The van der Waals surface area contributed by atoms with E-state index < -0.39 is 16.1 Å². The largest absolute Gasteiger partial charge is 0.393 e. The molecule has 0 aliphatic heterocycles. The van der Waals surface area contributed by atoms with Crippen molar-refractivity contribution in [1.82, 2.24) is 14.5 Å². The third-order valence-corrected chi connectivity index (χ3v) is 3.70. The van der Waals surface area contributed by atoms with Crippen LogP contribution >= 0.6 is 0 Å². The summed E-state index contributed by atoms with van der Waals surface area (Å²) in [5.74, 6) is -0.0172. The monoisotopic (exact) mass is 262 g/mol. The van der Waals surface area contributed by atoms with Crippen LogP contribution in [0.15, 0.2) is 11.1 Å². The van der Waals surface area contributed by atoms with Crippen molar-refractivity contribution in [2.75, 3.05) is 12.3 Å². The van der Waals surface area contributed by atoms with E-state index in [1.54, 1.807) is 6.92 Å². The molecule has 0 aliphatic rings. The van der Waals surface area contributed by atoms with Crippen LogP contribution in [-0.4, -0.2) is 36.0 Å². The molecule has 0 bridgehead atoms. The second-order valence-electron chi connectivity index (χ2n) is 3.77. The predicted molar refractivity (Wildman–Crippen MR) is 63.8 cm³/mol. The molecule has 1 atom stereocenters. The fourth-order valence-electron chi connectivity index (χ4n) is 1.27. The van der Waals surface area contributed by atoms with Crippen molar-refractivity contribution < 1.29 is 13.5 Å². The minimum atomic E-state index is -3.65. The molecule has 98 valence electrons. The van der Waals surface area contributed by atoms with Gasteiger partial charge in [-0.15, -0.1) is 0 Å². The number of nitrogen functional groups attached to an aromatic ring is 1. The highest BCUT2D eigenvalue weighted by Crippen LogP contribution is 2.15. The van der Waals surface area contributed by atoms with Crippen molar-refractivity contribution in [3.05, 3.63) is 6.20 Å². The van der Waals surface area contributed by atoms with Crippen molar-refractivity contribution >= 4 is 15.8 Å². The van der Waals surface area contributed by atoms with Gasteiger partial charge in [0.05, 0.1) is 6.10 Å². The number of nitrogens with one attached hydrogen (secondary N) is 1. The van der Waals surface area contributed by atoms with E-state index in [-0.39, 0.29) is 17.3 Å². The minimum Gasteiger partial charge on any atom is -0.393 e. The third kappa shape index (κ3) is 3.69. The summed E-state index contributed by atoms with van der Waals surface area (Å²) in [5.41, 5.74) is 5.53. The van der Waals surface area contributed by atoms with Gasteiger partial charge in [-0.25, -0.2) is 13.1 Å². The number of hydrogen-bond donors (Lipinski definition) is 3. The first-order chi connectivity index (χ1) is 7.86. The van der Waals surface area contributed by atoms with E-state index in [1.807, 2.05) is 6.92 Å². The quantitative estimate of drug-likeness (QED) is 0.642. The Morgan fingerprint density at radius 2 is 2.29 bits per heavy atom. The van der Waals surface area contributed by atoms with E-state index in [9.17, 15) is 8.42 Å². The van der Waals surface area contributed by atoms with Crippen LogP contribution in [0, 0.1) is 0 Å². The third-order valence-electron chi connectivity index (χ3n) is 2.22. The van der Waals surface area contributed by atoms with Gasteiger partial charge in [0.25, 0.3) is 0 Å². The first-order valence-corrected chi connectivity index (χ1v) is 6.85. The molecule has 8 heteroatoms. The number of sulfonamides is 1. The van der Waals surface area contributed by atoms with E-state index >= 15 is 0 Å². The molecule has 0 saturated carbocycles. The Balaban J connectivity index is 2.78. The molecule has 1 aromatic heterocycles. The molecular formula is C9H18N4O3S. The molecule has 1 aromatic rings. The van der Waals surface area contributed by atoms with E-state index in [0.29, 0.717) is 13.0 Å². The summed E-state index contributed by atoms with van der Waals surface area (Å²) < 4.78 is 27.5. The number of aliphatic hydroxyl groups is 1. The van der Waals surface area contributed by atoms with Gasteiger partial charge in [-0.1, -0.05) is 0 Å². The highest BCUT2D eigenvalue weighted by molar-refractivity contribution is 7.89. The minimum absolute atomic E-state index is 0.0172. The molecule has 0 saturated heterocycles. The van der Waals surface area contributed by atoms with Crippen molar-refractivity contribution in [1.29, 1.82) is 0 Å². The highest BCUT2D eigenvalue weighted by Gasteiger charge is 2.20. The highest BCUT2D eigenvalue weighted by atomic mass is 32.2. The van der Waals surface area contributed by atoms with Gasteiger partial charge in [0.15, 0.2) is 5.82 Å². The Bertz CT molecular complexity index is 467. The van der Waals surface area contributed by atoms with E-state index in [4.69, 9.17) is 10.8 Å². The fourth-order valence-corrected chi connectivity index (χ4v) is 2.39. The summed E-state index contributed by atoms with van der Waals surface area (Å²) >= 11 is 0. The zero-order chi connectivity index (χ0) is 13.1. The van der Waals surface area contributed by atoms with Gasteiger partial charge in [-0.3, -0.25) is 4.68 Å². The maximum Gasteiger partial charge on any atom is 0.245 e. The summed E-state index contributed by atoms with van der Waals surface area (Å²) in [6, 6.07) is 0. The van der Waals surface area contributed by atoms with Gasteiger partial charge in [0, 0.05) is 19.3 Å². The van der Waals surface area contributed by atoms with E-state index in [2.05, 4.69) is 9.82 Å². The van der Waals surface area contributed by atoms with Crippen LogP contribution in [0.5, 0.6) is 0 Å². The number of anilines is 1. The van der Waals surface area contributed by atoms with Crippen LogP contribution in [-0.2, 0) is 16.6 Å². The lowest BCUT2D eigenvalue weighted by atomic mass is 10.3. The molecule has 0 fully saturated rings. The molecule has 4 N–H and O–H groups in total. The van der Waals surface area contributed by atoms with Gasteiger partial charge in [-0.05, 0) is 20.3 Å². The number of hydrogen-bond acceptors (Lipinski definition) is 5. The number of nitrogens with zero attached hydrogens (tertiary/aromatic N) is 2. The molecule has 0 aliphatic carbocycles. The topological polar surface area (TPSA) is 110 Å². The summed E-state index contributed by atoms with van der Waals surface area (Å²) in [5, 5.41) is 12.9. The summed E-state index contributed by atoms with van der Waals surface area (Å²) in [6.07, 6.45) is 1.19. The zero-order valence-corrected chi connectivity index (χ0v) is 10.7. The molecule has 1 rings (SSSR count). The smallest absolute Gasteiger partial charge is 0.245 e. The standard InChI is InChI=1S/C9H18N4O3S/c1-3-13-6-8(9(10)12-13)17(15,16)11-5-4-7(2)14/h6-7,11,14H,3-5H2,1-2H3,(H2,10,12). The number of aromatic nitrogens is 2. The SMILES string of the molecule is CCn1cc(S(=O)(=O)NCCC(C)O)c(N)n1. The molecule has 0 amide bonds. The number of rotatable bonds is 6. The lowest BCUT2D eigenvalue weighted by Crippen LogP contribution is -2.27. The van der Waals surface area contributed by atoms with Crippen molar-refractivity contribution in [3.8, 4) is 0 Å². The predicted octanol–water partition coefficient (Wildman–Crippen LogP) is -0.466. The summed E-state index contributed by atoms with van der Waals surface area (Å²) in [4.78, 5) is -0.0232. The van der Waals surface area contributed by atoms with Crippen LogP contribution in [0.25, 0.3) is 0 Å². The first kappa shape index (κ1) is 13.9. The maximum absolute atomic E-state index is 11.8. The van der Waals surface area contributed by atoms with Crippen LogP contribution in [0.1, 0.15) is 20.3 Å². The number of nitrogens with two attached hydrogens (primary N) is 1. The van der Waals surface area contributed by atoms with Crippen LogP contribution in [0.4, 0.5) is 5.82 Å². The summed E-state index contributed by atoms with van der Waals surface area (Å²) in [6.45, 7) is 4.14. The van der Waals surface area contributed by atoms with Gasteiger partial charge < -0.3 is 10.8 Å². The number of aliphatic hydroxyl groups excluding tert-OH is 1. The molecule has 1 unspecified atom stereocenters. The van der Waals surface area contributed by atoms with Crippen LogP contribution in [0.3, 0.4) is 0 Å². The lowest BCUT2D eigenvalue weighted by molar-refractivity contribution is 0.186. The van der Waals surface area contributed by atoms with Crippen molar-refractivity contribution in [2.24, 2.45) is 0 Å². The number of aryl methyl sites for hydroxylation is 1. The molecular weight excluding hydrogens is 244 g/mol. The second kappa shape index (κ2) is 5.48. The van der Waals surface area contributed by atoms with Gasteiger partial charge in [-0.2, -0.15) is 5.10 Å². The Morgan fingerprint density at radius 1 is 1.65 bits per heavy atom. The zero-order valence-electron chi connectivity index (χ0n) is 9.92. The first-order valence-electron chi connectivity index (χ1n) is 5.37. The Morgan fingerprint density at radius 3 is 2.76 bits per heavy atom. The second-order valence-corrected chi connectivity index (χ2v) is 5.51. The van der Waals surface area contributed by atoms with E-state index in [0.717, 1.165) is 0 Å². The molecule has 0 radical (unpaired) electrons. The molecule has 0 spiro atoms. The Labute approximate surface area is 101 Å². The Kier molecular flexibility index (Phi) is 4.49. The normalized spacial score (nSPS) is 13.8. The molecule has 0 aromatic carbocycles. The maximum atomic E-state index is 11.8. The molecule has 1 heterocycles. The lowest BCUT2D eigenvalue weighted by Gasteiger charge is -2.06. The fraction of sp³-hybridized carbons (Fsp3) is 0.667.